The Kier molecular flexibility index (Phi) is 3.96. The summed E-state index contributed by atoms with van der Waals surface area (Å²) in [6, 6.07) is 9.68. The maximum absolute atomic E-state index is 11.5. The third-order valence-corrected chi connectivity index (χ3v) is 3.22. The molecule has 0 aromatic carbocycles. The molecular weight excluding hydrogens is 300 g/mol. The van der Waals surface area contributed by atoms with Crippen LogP contribution >= 0.6 is 0 Å². The molecule has 0 fully saturated rings. The van der Waals surface area contributed by atoms with E-state index in [9.17, 15) is 9.59 Å². The van der Waals surface area contributed by atoms with Crippen LogP contribution in [0.2, 0.25) is 0 Å². The van der Waals surface area contributed by atoms with Crippen LogP contribution in [0, 0.1) is 0 Å². The molecule has 3 rings (SSSR count). The predicted octanol–water partition coefficient (Wildman–Crippen LogP) is 2.08. The van der Waals surface area contributed by atoms with Crippen LogP contribution in [0.25, 0.3) is 23.0 Å². The number of rotatable bonds is 6. The zero-order valence-corrected chi connectivity index (χ0v) is 12.1. The van der Waals surface area contributed by atoms with E-state index in [4.69, 9.17) is 24.7 Å². The van der Waals surface area contributed by atoms with Gasteiger partial charge in [0, 0.05) is 0 Å². The van der Waals surface area contributed by atoms with Crippen LogP contribution in [0.5, 0.6) is 0 Å². The normalized spacial score (nSPS) is 10.9. The second-order valence-corrected chi connectivity index (χ2v) is 4.75. The lowest BCUT2D eigenvalue weighted by molar-refractivity contribution is 0.0969. The smallest absolute Gasteiger partial charge is 0.211 e. The van der Waals surface area contributed by atoms with Crippen LogP contribution in [0.3, 0.4) is 0 Å². The highest BCUT2D eigenvalue weighted by atomic mass is 16.4. The first-order valence-corrected chi connectivity index (χ1v) is 6.89. The third kappa shape index (κ3) is 2.87. The summed E-state index contributed by atoms with van der Waals surface area (Å²) >= 11 is 0. The van der Waals surface area contributed by atoms with E-state index >= 15 is 0 Å². The van der Waals surface area contributed by atoms with Gasteiger partial charge in [-0.1, -0.05) is 0 Å². The quantitative estimate of drug-likeness (QED) is 0.667. The SMILES string of the molecule is NCC(=O)c1ccc(-c2ccc(-c3ccc(C(=O)CN)o3)o2)o1. The lowest BCUT2D eigenvalue weighted by atomic mass is 10.3. The number of carbonyl (C=O) groups excluding carboxylic acids is 2. The molecule has 0 unspecified atom stereocenters. The van der Waals surface area contributed by atoms with Gasteiger partial charge in [0.1, 0.15) is 0 Å². The van der Waals surface area contributed by atoms with Crippen molar-refractivity contribution in [3.05, 3.63) is 47.9 Å². The zero-order valence-electron chi connectivity index (χ0n) is 12.1. The Morgan fingerprint density at radius 3 is 1.39 bits per heavy atom. The molecule has 0 spiro atoms. The third-order valence-electron chi connectivity index (χ3n) is 3.22. The van der Waals surface area contributed by atoms with E-state index < -0.39 is 0 Å². The van der Waals surface area contributed by atoms with Crippen molar-refractivity contribution >= 4 is 11.6 Å². The van der Waals surface area contributed by atoms with Gasteiger partial charge in [0.05, 0.1) is 13.1 Å². The van der Waals surface area contributed by atoms with Crippen LogP contribution in [-0.2, 0) is 0 Å². The van der Waals surface area contributed by atoms with E-state index in [0.29, 0.717) is 23.0 Å². The number of nitrogens with two attached hydrogens (primary N) is 2. The number of carbonyl (C=O) groups is 2. The lowest BCUT2D eigenvalue weighted by Gasteiger charge is -1.94. The van der Waals surface area contributed by atoms with Crippen molar-refractivity contribution < 1.29 is 22.8 Å². The molecule has 0 aliphatic rings. The van der Waals surface area contributed by atoms with Crippen molar-refractivity contribution in [2.75, 3.05) is 13.1 Å². The van der Waals surface area contributed by atoms with E-state index in [1.807, 2.05) is 0 Å². The topological polar surface area (TPSA) is 126 Å². The minimum Gasteiger partial charge on any atom is -0.450 e. The second kappa shape index (κ2) is 6.07. The monoisotopic (exact) mass is 314 g/mol. The van der Waals surface area contributed by atoms with E-state index in [1.165, 1.54) is 12.1 Å². The van der Waals surface area contributed by atoms with Crippen LogP contribution < -0.4 is 11.5 Å². The predicted molar refractivity (Wildman–Crippen MR) is 80.9 cm³/mol. The zero-order chi connectivity index (χ0) is 16.4. The van der Waals surface area contributed by atoms with Gasteiger partial charge in [-0.15, -0.1) is 0 Å². The molecule has 23 heavy (non-hydrogen) atoms. The van der Waals surface area contributed by atoms with Gasteiger partial charge in [-0.3, -0.25) is 9.59 Å². The molecule has 0 atom stereocenters. The molecule has 7 heteroatoms. The van der Waals surface area contributed by atoms with Gasteiger partial charge in [0.2, 0.25) is 11.6 Å². The van der Waals surface area contributed by atoms with Crippen molar-refractivity contribution in [2.45, 2.75) is 0 Å². The van der Waals surface area contributed by atoms with Crippen molar-refractivity contribution in [3.8, 4) is 23.0 Å². The fourth-order valence-electron chi connectivity index (χ4n) is 2.04. The van der Waals surface area contributed by atoms with Crippen molar-refractivity contribution in [1.29, 1.82) is 0 Å². The van der Waals surface area contributed by atoms with Gasteiger partial charge in [0.25, 0.3) is 0 Å². The standard InChI is InChI=1S/C16H14N2O5/c17-7-9(19)11-1-3-13(21-11)15-5-6-16(23-15)14-4-2-12(22-14)10(20)8-18/h1-6H,7-8,17-18H2. The average molecular weight is 314 g/mol. The van der Waals surface area contributed by atoms with Crippen molar-refractivity contribution in [3.63, 3.8) is 0 Å². The molecule has 3 aromatic heterocycles. The summed E-state index contributed by atoms with van der Waals surface area (Å²) < 4.78 is 16.5. The Morgan fingerprint density at radius 1 is 0.652 bits per heavy atom. The summed E-state index contributed by atoms with van der Waals surface area (Å²) in [7, 11) is 0. The number of hydrogen-bond acceptors (Lipinski definition) is 7. The van der Waals surface area contributed by atoms with Crippen molar-refractivity contribution in [1.82, 2.24) is 0 Å². The Bertz CT molecular complexity index is 787. The Balaban J connectivity index is 1.85. The first kappa shape index (κ1) is 15.0. The molecule has 7 nitrogen and oxygen atoms in total. The summed E-state index contributed by atoms with van der Waals surface area (Å²) in [5.41, 5.74) is 10.6. The van der Waals surface area contributed by atoms with E-state index in [0.717, 1.165) is 0 Å². The molecule has 0 saturated heterocycles. The summed E-state index contributed by atoms with van der Waals surface area (Å²) in [6.45, 7) is -0.249. The lowest BCUT2D eigenvalue weighted by Crippen LogP contribution is -2.12. The Morgan fingerprint density at radius 2 is 1.00 bits per heavy atom. The average Bonchev–Trinajstić information content (AvgIpc) is 3.31. The van der Waals surface area contributed by atoms with Gasteiger partial charge < -0.3 is 24.7 Å². The molecule has 0 radical (unpaired) electrons. The molecule has 118 valence electrons. The molecule has 0 amide bonds. The Labute approximate surface area is 130 Å². The van der Waals surface area contributed by atoms with Crippen LogP contribution in [0.1, 0.15) is 21.1 Å². The molecule has 4 N–H and O–H groups in total. The molecule has 3 aromatic rings. The fourth-order valence-corrected chi connectivity index (χ4v) is 2.04. The van der Waals surface area contributed by atoms with Crippen LogP contribution in [-0.4, -0.2) is 24.7 Å². The number of furan rings is 3. The highest BCUT2D eigenvalue weighted by Crippen LogP contribution is 2.30. The van der Waals surface area contributed by atoms with Crippen LogP contribution in [0.4, 0.5) is 0 Å². The Hall–Kier alpha value is -2.90. The number of ketones is 2. The molecule has 0 saturated carbocycles. The molecule has 0 bridgehead atoms. The van der Waals surface area contributed by atoms with Gasteiger partial charge in [-0.2, -0.15) is 0 Å². The largest absolute Gasteiger partial charge is 0.450 e. The first-order chi connectivity index (χ1) is 11.1. The van der Waals surface area contributed by atoms with Gasteiger partial charge >= 0.3 is 0 Å². The summed E-state index contributed by atoms with van der Waals surface area (Å²) in [4.78, 5) is 22.9. The van der Waals surface area contributed by atoms with Gasteiger partial charge in [-0.05, 0) is 36.4 Å². The number of Topliss-reactive ketones (excluding diaryl/α,β-unsaturated/α-hetero) is 2. The fraction of sp³-hybridized carbons (Fsp3) is 0.125. The van der Waals surface area contributed by atoms with Crippen LogP contribution in [0.15, 0.2) is 49.6 Å². The second-order valence-electron chi connectivity index (χ2n) is 4.75. The summed E-state index contributed by atoms with van der Waals surface area (Å²) in [5.74, 6) is 1.43. The van der Waals surface area contributed by atoms with Crippen molar-refractivity contribution in [2.24, 2.45) is 11.5 Å². The van der Waals surface area contributed by atoms with E-state index in [-0.39, 0.29) is 36.2 Å². The highest BCUT2D eigenvalue weighted by molar-refractivity contribution is 5.95. The molecular formula is C16H14N2O5. The molecule has 0 aliphatic carbocycles. The first-order valence-electron chi connectivity index (χ1n) is 6.89. The minimum atomic E-state index is -0.293. The maximum atomic E-state index is 11.5. The summed E-state index contributed by atoms with van der Waals surface area (Å²) in [6.07, 6.45) is 0. The van der Waals surface area contributed by atoms with E-state index in [2.05, 4.69) is 0 Å². The van der Waals surface area contributed by atoms with E-state index in [1.54, 1.807) is 24.3 Å². The van der Waals surface area contributed by atoms with Gasteiger partial charge in [-0.25, -0.2) is 0 Å². The van der Waals surface area contributed by atoms with Gasteiger partial charge in [0.15, 0.2) is 34.6 Å². The minimum absolute atomic E-state index is 0.124. The summed E-state index contributed by atoms with van der Waals surface area (Å²) in [5, 5.41) is 0. The highest BCUT2D eigenvalue weighted by Gasteiger charge is 2.16. The number of hydrogen-bond donors (Lipinski definition) is 2. The maximum Gasteiger partial charge on any atom is 0.211 e. The molecule has 3 heterocycles. The molecule has 0 aliphatic heterocycles.